The van der Waals surface area contributed by atoms with E-state index >= 15 is 0 Å². The van der Waals surface area contributed by atoms with Gasteiger partial charge in [0, 0.05) is 26.2 Å². The molecule has 196 valence electrons. The molecule has 10 nitrogen and oxygen atoms in total. The van der Waals surface area contributed by atoms with Crippen LogP contribution in [0.15, 0.2) is 9.32 Å². The number of nitrogens with one attached hydrogen (secondary N) is 2. The Morgan fingerprint density at radius 1 is 1.11 bits per heavy atom. The number of hydrogen-bond donors (Lipinski definition) is 2. The lowest BCUT2D eigenvalue weighted by Crippen LogP contribution is -2.31. The number of H-pyrrole nitrogens is 1. The van der Waals surface area contributed by atoms with Crippen LogP contribution in [0.5, 0.6) is 0 Å². The van der Waals surface area contributed by atoms with Gasteiger partial charge in [0.2, 0.25) is 17.6 Å². The standard InChI is InChI=1S/C26H40N8O2/c1-15(2)13-33(5)25-30-22-20(34(25)14-18-11-9-16(3)10-12-18)21(27-17(4)19-7-6-8-19)28-23(29-22)24-31-26(35)36-32-24/h15-19H,6-14H2,1-5H3,(H,27,28,29)(H,31,32,35). The lowest BCUT2D eigenvalue weighted by atomic mass is 9.80. The Morgan fingerprint density at radius 3 is 2.47 bits per heavy atom. The van der Waals surface area contributed by atoms with Crippen LogP contribution in [0.2, 0.25) is 0 Å². The number of rotatable bonds is 9. The van der Waals surface area contributed by atoms with Crippen LogP contribution >= 0.6 is 0 Å². The molecule has 0 spiro atoms. The SMILES string of the molecule is CC(C)CN(C)c1nc2nc(-c3noc(=O)[nH]3)nc(NC(C)C3CCC3)c2n1CC1CCC(C)CC1. The molecule has 3 aromatic rings. The first-order valence-corrected chi connectivity index (χ1v) is 13.6. The molecule has 2 aliphatic rings. The van der Waals surface area contributed by atoms with Gasteiger partial charge in [-0.2, -0.15) is 4.98 Å². The fourth-order valence-electron chi connectivity index (χ4n) is 5.69. The van der Waals surface area contributed by atoms with E-state index in [9.17, 15) is 4.79 Å². The summed E-state index contributed by atoms with van der Waals surface area (Å²) in [4.78, 5) is 31.1. The van der Waals surface area contributed by atoms with E-state index in [0.717, 1.165) is 36.3 Å². The average molecular weight is 497 g/mol. The number of hydrogen-bond acceptors (Lipinski definition) is 8. The molecule has 3 heterocycles. The van der Waals surface area contributed by atoms with E-state index in [1.807, 2.05) is 0 Å². The zero-order valence-corrected chi connectivity index (χ0v) is 22.3. The van der Waals surface area contributed by atoms with Crippen LogP contribution < -0.4 is 16.0 Å². The predicted molar refractivity (Wildman–Crippen MR) is 141 cm³/mol. The molecular weight excluding hydrogens is 456 g/mol. The number of anilines is 2. The van der Waals surface area contributed by atoms with Crippen LogP contribution in [-0.4, -0.2) is 49.3 Å². The topological polar surface area (TPSA) is 118 Å². The third-order valence-corrected chi connectivity index (χ3v) is 8.01. The summed E-state index contributed by atoms with van der Waals surface area (Å²) in [5, 5.41) is 7.54. The fraction of sp³-hybridized carbons (Fsp3) is 0.731. The molecule has 0 aromatic carbocycles. The van der Waals surface area contributed by atoms with Gasteiger partial charge in [0.05, 0.1) is 0 Å². The summed E-state index contributed by atoms with van der Waals surface area (Å²) in [6.45, 7) is 10.8. The third kappa shape index (κ3) is 5.13. The first kappa shape index (κ1) is 24.8. The smallest absolute Gasteiger partial charge is 0.365 e. The summed E-state index contributed by atoms with van der Waals surface area (Å²) in [6, 6.07) is 0.275. The Bertz CT molecular complexity index is 1230. The number of imidazole rings is 1. The van der Waals surface area contributed by atoms with Crippen LogP contribution in [0.3, 0.4) is 0 Å². The van der Waals surface area contributed by atoms with Gasteiger partial charge in [-0.3, -0.25) is 9.51 Å². The highest BCUT2D eigenvalue weighted by molar-refractivity contribution is 5.87. The summed E-state index contributed by atoms with van der Waals surface area (Å²) in [5.74, 6) is 4.10. The van der Waals surface area contributed by atoms with Crippen molar-refractivity contribution in [2.75, 3.05) is 23.8 Å². The summed E-state index contributed by atoms with van der Waals surface area (Å²) in [6.07, 6.45) is 8.75. The minimum Gasteiger partial charge on any atom is -0.365 e. The van der Waals surface area contributed by atoms with E-state index in [1.165, 1.54) is 44.9 Å². The van der Waals surface area contributed by atoms with E-state index in [2.05, 4.69) is 59.7 Å². The second kappa shape index (κ2) is 10.2. The van der Waals surface area contributed by atoms with Crippen molar-refractivity contribution in [1.29, 1.82) is 0 Å². The summed E-state index contributed by atoms with van der Waals surface area (Å²) < 4.78 is 7.08. The molecule has 0 amide bonds. The van der Waals surface area contributed by atoms with Crippen molar-refractivity contribution >= 4 is 22.9 Å². The zero-order valence-electron chi connectivity index (χ0n) is 22.3. The molecule has 3 aromatic heterocycles. The van der Waals surface area contributed by atoms with E-state index in [4.69, 9.17) is 19.5 Å². The normalized spacial score (nSPS) is 21.6. The Labute approximate surface area is 212 Å². The van der Waals surface area contributed by atoms with Gasteiger partial charge in [-0.05, 0) is 56.3 Å². The minimum atomic E-state index is -0.625. The van der Waals surface area contributed by atoms with Gasteiger partial charge < -0.3 is 14.8 Å². The average Bonchev–Trinajstić information content (AvgIpc) is 3.37. The summed E-state index contributed by atoms with van der Waals surface area (Å²) in [5.41, 5.74) is 1.54. The maximum atomic E-state index is 11.6. The lowest BCUT2D eigenvalue weighted by Gasteiger charge is -2.32. The zero-order chi connectivity index (χ0) is 25.4. The predicted octanol–water partition coefficient (Wildman–Crippen LogP) is 4.69. The largest absolute Gasteiger partial charge is 0.439 e. The van der Waals surface area contributed by atoms with Crippen LogP contribution in [0.1, 0.15) is 72.6 Å². The van der Waals surface area contributed by atoms with Crippen LogP contribution in [-0.2, 0) is 6.54 Å². The maximum Gasteiger partial charge on any atom is 0.439 e. The van der Waals surface area contributed by atoms with Crippen molar-refractivity contribution < 1.29 is 4.52 Å². The Kier molecular flexibility index (Phi) is 7.03. The molecule has 1 unspecified atom stereocenters. The van der Waals surface area contributed by atoms with E-state index in [0.29, 0.717) is 29.2 Å². The third-order valence-electron chi connectivity index (χ3n) is 8.01. The molecule has 0 bridgehead atoms. The quantitative estimate of drug-likeness (QED) is 0.438. The van der Waals surface area contributed by atoms with Gasteiger partial charge in [0.15, 0.2) is 11.5 Å². The van der Waals surface area contributed by atoms with Gasteiger partial charge in [-0.1, -0.05) is 45.2 Å². The fourth-order valence-corrected chi connectivity index (χ4v) is 5.69. The molecule has 1 atom stereocenters. The van der Waals surface area contributed by atoms with E-state index in [1.54, 1.807) is 0 Å². The van der Waals surface area contributed by atoms with Crippen molar-refractivity contribution in [2.24, 2.45) is 23.7 Å². The molecule has 36 heavy (non-hydrogen) atoms. The number of aromatic amines is 1. The van der Waals surface area contributed by atoms with Gasteiger partial charge >= 0.3 is 5.76 Å². The summed E-state index contributed by atoms with van der Waals surface area (Å²) >= 11 is 0. The molecule has 0 radical (unpaired) electrons. The molecule has 2 fully saturated rings. The summed E-state index contributed by atoms with van der Waals surface area (Å²) in [7, 11) is 2.11. The van der Waals surface area contributed by atoms with Crippen LogP contribution in [0.4, 0.5) is 11.8 Å². The number of nitrogens with zero attached hydrogens (tertiary/aromatic N) is 6. The molecule has 2 saturated carbocycles. The molecular formula is C26H40N8O2. The second-order valence-corrected chi connectivity index (χ2v) is 11.6. The molecule has 0 aliphatic heterocycles. The van der Waals surface area contributed by atoms with Gasteiger partial charge in [0.1, 0.15) is 5.52 Å². The van der Waals surface area contributed by atoms with Gasteiger partial charge in [-0.25, -0.2) is 14.8 Å². The first-order valence-electron chi connectivity index (χ1n) is 13.6. The van der Waals surface area contributed by atoms with E-state index in [-0.39, 0.29) is 11.9 Å². The maximum absolute atomic E-state index is 11.6. The van der Waals surface area contributed by atoms with Crippen molar-refractivity contribution in [2.45, 2.75) is 85.2 Å². The van der Waals surface area contributed by atoms with Crippen LogP contribution in [0, 0.1) is 23.7 Å². The Morgan fingerprint density at radius 2 is 1.86 bits per heavy atom. The molecule has 0 saturated heterocycles. The molecule has 2 aliphatic carbocycles. The highest BCUT2D eigenvalue weighted by atomic mass is 16.5. The van der Waals surface area contributed by atoms with Gasteiger partial charge in [-0.15, -0.1) is 0 Å². The highest BCUT2D eigenvalue weighted by Gasteiger charge is 2.29. The highest BCUT2D eigenvalue weighted by Crippen LogP contribution is 2.36. The van der Waals surface area contributed by atoms with Crippen molar-refractivity contribution in [3.63, 3.8) is 0 Å². The Balaban J connectivity index is 1.62. The monoisotopic (exact) mass is 496 g/mol. The molecule has 10 heteroatoms. The first-order chi connectivity index (χ1) is 17.3. The van der Waals surface area contributed by atoms with Crippen molar-refractivity contribution in [1.82, 2.24) is 29.7 Å². The Hall–Kier alpha value is -2.91. The number of aromatic nitrogens is 6. The minimum absolute atomic E-state index is 0.217. The van der Waals surface area contributed by atoms with E-state index < -0.39 is 5.76 Å². The second-order valence-electron chi connectivity index (χ2n) is 11.6. The molecule has 2 N–H and O–H groups in total. The van der Waals surface area contributed by atoms with Crippen molar-refractivity contribution in [3.05, 3.63) is 10.6 Å². The molecule has 5 rings (SSSR count). The number of fused-ring (bicyclic) bond motifs is 1. The lowest BCUT2D eigenvalue weighted by molar-refractivity contribution is 0.266. The van der Waals surface area contributed by atoms with Crippen molar-refractivity contribution in [3.8, 4) is 11.6 Å². The van der Waals surface area contributed by atoms with Gasteiger partial charge in [0.25, 0.3) is 0 Å². The van der Waals surface area contributed by atoms with Crippen LogP contribution in [0.25, 0.3) is 22.8 Å².